The maximum atomic E-state index is 4.20. The van der Waals surface area contributed by atoms with E-state index in [9.17, 15) is 0 Å². The van der Waals surface area contributed by atoms with E-state index in [1.165, 1.54) is 0 Å². The van der Waals surface area contributed by atoms with E-state index >= 15 is 0 Å². The number of hydrogen-bond donors (Lipinski definition) is 3. The van der Waals surface area contributed by atoms with Crippen LogP contribution in [0.4, 0.5) is 0 Å². The van der Waals surface area contributed by atoms with Gasteiger partial charge in [-0.3, -0.25) is 0 Å². The van der Waals surface area contributed by atoms with Gasteiger partial charge in [-0.2, -0.15) is 25.3 Å². The molecule has 0 aromatic heterocycles. The fraction of sp³-hybridized carbons (Fsp3) is 1.00. The molecule has 1 N–H and O–H groups in total. The van der Waals surface area contributed by atoms with Gasteiger partial charge < -0.3 is 10.2 Å². The summed E-state index contributed by atoms with van der Waals surface area (Å²) in [6, 6.07) is 0. The Labute approximate surface area is 86.9 Å². The minimum absolute atomic E-state index is 0.915. The summed E-state index contributed by atoms with van der Waals surface area (Å²) in [6.07, 6.45) is 0. The Morgan fingerprint density at radius 1 is 1.08 bits per heavy atom. The van der Waals surface area contributed by atoms with Crippen LogP contribution in [0.3, 0.4) is 0 Å². The predicted molar refractivity (Wildman–Crippen MR) is 62.7 cm³/mol. The summed E-state index contributed by atoms with van der Waals surface area (Å²) in [6.45, 7) is 7.56. The predicted octanol–water partition coefficient (Wildman–Crippen LogP) is 0.757. The van der Waals surface area contributed by atoms with E-state index in [1.54, 1.807) is 0 Å². The van der Waals surface area contributed by atoms with E-state index in [2.05, 4.69) is 42.4 Å². The van der Waals surface area contributed by atoms with Gasteiger partial charge in [-0.25, -0.2) is 0 Å². The maximum absolute atomic E-state index is 4.20. The molecule has 0 spiro atoms. The highest BCUT2D eigenvalue weighted by molar-refractivity contribution is 7.80. The van der Waals surface area contributed by atoms with Crippen molar-refractivity contribution < 1.29 is 0 Å². The topological polar surface area (TPSA) is 15.3 Å². The number of hydrogen-bond acceptors (Lipinski definition) is 4. The van der Waals surface area contributed by atoms with Crippen molar-refractivity contribution in [2.75, 3.05) is 44.2 Å². The van der Waals surface area contributed by atoms with E-state index in [1.807, 2.05) is 0 Å². The van der Waals surface area contributed by atoms with Gasteiger partial charge in [-0.1, -0.05) is 6.92 Å². The normalized spacial score (nSPS) is 11.0. The Balaban J connectivity index is 3.19. The van der Waals surface area contributed by atoms with Gasteiger partial charge in [0.25, 0.3) is 0 Å². The number of rotatable bonds is 8. The molecule has 0 saturated heterocycles. The molecule has 74 valence electrons. The van der Waals surface area contributed by atoms with Crippen molar-refractivity contribution in [3.05, 3.63) is 0 Å². The first kappa shape index (κ1) is 12.6. The van der Waals surface area contributed by atoms with Gasteiger partial charge in [0.1, 0.15) is 0 Å². The maximum Gasteiger partial charge on any atom is 0.0107 e. The van der Waals surface area contributed by atoms with Crippen LogP contribution >= 0.6 is 25.3 Å². The van der Waals surface area contributed by atoms with E-state index < -0.39 is 0 Å². The first-order chi connectivity index (χ1) is 5.85. The molecule has 0 rings (SSSR count). The lowest BCUT2D eigenvalue weighted by atomic mass is 10.4. The molecule has 0 aliphatic heterocycles. The fourth-order valence-corrected chi connectivity index (χ4v) is 1.45. The van der Waals surface area contributed by atoms with Crippen molar-refractivity contribution in [2.24, 2.45) is 0 Å². The summed E-state index contributed by atoms with van der Waals surface area (Å²) < 4.78 is 0. The molecule has 0 aliphatic rings. The zero-order valence-electron chi connectivity index (χ0n) is 7.79. The van der Waals surface area contributed by atoms with Crippen LogP contribution in [0.2, 0.25) is 0 Å². The molecule has 0 unspecified atom stereocenters. The Morgan fingerprint density at radius 3 is 2.33 bits per heavy atom. The Bertz CT molecular complexity index is 91.1. The summed E-state index contributed by atoms with van der Waals surface area (Å²) in [4.78, 5) is 2.39. The molecule has 0 aromatic rings. The molecule has 0 aliphatic carbocycles. The van der Waals surface area contributed by atoms with Crippen molar-refractivity contribution in [2.45, 2.75) is 6.92 Å². The van der Waals surface area contributed by atoms with Crippen LogP contribution in [0.5, 0.6) is 0 Å². The molecule has 0 saturated carbocycles. The number of thiol groups is 2. The van der Waals surface area contributed by atoms with Crippen molar-refractivity contribution in [1.82, 2.24) is 10.2 Å². The Morgan fingerprint density at radius 2 is 1.83 bits per heavy atom. The molecule has 2 nitrogen and oxygen atoms in total. The first-order valence-electron chi connectivity index (χ1n) is 4.50. The summed E-state index contributed by atoms with van der Waals surface area (Å²) in [7, 11) is 0. The average Bonchev–Trinajstić information content (AvgIpc) is 2.10. The summed E-state index contributed by atoms with van der Waals surface area (Å²) in [5.74, 6) is 1.86. The zero-order chi connectivity index (χ0) is 9.23. The van der Waals surface area contributed by atoms with E-state index in [0.29, 0.717) is 0 Å². The first-order valence-corrected chi connectivity index (χ1v) is 5.76. The molecular formula is C8H20N2S2. The van der Waals surface area contributed by atoms with Crippen LogP contribution in [0.1, 0.15) is 6.92 Å². The summed E-state index contributed by atoms with van der Waals surface area (Å²) in [5, 5.41) is 3.32. The lowest BCUT2D eigenvalue weighted by Crippen LogP contribution is -2.33. The molecule has 0 radical (unpaired) electrons. The van der Waals surface area contributed by atoms with Crippen molar-refractivity contribution in [3.8, 4) is 0 Å². The quantitative estimate of drug-likeness (QED) is 0.403. The van der Waals surface area contributed by atoms with E-state index in [4.69, 9.17) is 0 Å². The van der Waals surface area contributed by atoms with Crippen LogP contribution in [0.25, 0.3) is 0 Å². The highest BCUT2D eigenvalue weighted by atomic mass is 32.1. The molecule has 0 fully saturated rings. The Hall–Kier alpha value is 0.620. The monoisotopic (exact) mass is 208 g/mol. The highest BCUT2D eigenvalue weighted by Crippen LogP contribution is 1.87. The minimum atomic E-state index is 0.915. The molecular weight excluding hydrogens is 188 g/mol. The third-order valence-corrected chi connectivity index (χ3v) is 2.18. The number of nitrogens with zero attached hydrogens (tertiary/aromatic N) is 1. The van der Waals surface area contributed by atoms with Crippen LogP contribution in [-0.4, -0.2) is 49.1 Å². The van der Waals surface area contributed by atoms with Crippen molar-refractivity contribution in [1.29, 1.82) is 0 Å². The molecule has 0 aromatic carbocycles. The summed E-state index contributed by atoms with van der Waals surface area (Å²) in [5.41, 5.74) is 0. The second-order valence-corrected chi connectivity index (χ2v) is 3.53. The second-order valence-electron chi connectivity index (χ2n) is 2.63. The lowest BCUT2D eigenvalue weighted by Gasteiger charge is -2.19. The average molecular weight is 208 g/mol. The van der Waals surface area contributed by atoms with E-state index in [0.717, 1.165) is 44.2 Å². The van der Waals surface area contributed by atoms with Crippen LogP contribution in [-0.2, 0) is 0 Å². The minimum Gasteiger partial charge on any atom is -0.315 e. The Kier molecular flexibility index (Phi) is 10.2. The molecule has 0 heterocycles. The molecule has 0 atom stereocenters. The largest absolute Gasteiger partial charge is 0.315 e. The second kappa shape index (κ2) is 9.71. The molecule has 0 bridgehead atoms. The van der Waals surface area contributed by atoms with Gasteiger partial charge in [0.15, 0.2) is 0 Å². The van der Waals surface area contributed by atoms with Crippen LogP contribution in [0, 0.1) is 0 Å². The highest BCUT2D eigenvalue weighted by Gasteiger charge is 1.98. The van der Waals surface area contributed by atoms with E-state index in [-0.39, 0.29) is 0 Å². The van der Waals surface area contributed by atoms with Gasteiger partial charge in [0.05, 0.1) is 0 Å². The van der Waals surface area contributed by atoms with Gasteiger partial charge >= 0.3 is 0 Å². The smallest absolute Gasteiger partial charge is 0.0107 e. The van der Waals surface area contributed by atoms with Crippen LogP contribution in [0.15, 0.2) is 0 Å². The lowest BCUT2D eigenvalue weighted by molar-refractivity contribution is 0.306. The van der Waals surface area contributed by atoms with Gasteiger partial charge in [0, 0.05) is 37.7 Å². The third kappa shape index (κ3) is 7.28. The van der Waals surface area contributed by atoms with Crippen molar-refractivity contribution in [3.63, 3.8) is 0 Å². The summed E-state index contributed by atoms with van der Waals surface area (Å²) >= 11 is 8.32. The third-order valence-electron chi connectivity index (χ3n) is 1.76. The van der Waals surface area contributed by atoms with Crippen LogP contribution < -0.4 is 5.32 Å². The number of nitrogens with one attached hydrogen (secondary N) is 1. The van der Waals surface area contributed by atoms with Gasteiger partial charge in [-0.15, -0.1) is 0 Å². The zero-order valence-corrected chi connectivity index (χ0v) is 9.58. The SMILES string of the molecule is CCN(CCS)CCNCCS. The van der Waals surface area contributed by atoms with Gasteiger partial charge in [0.2, 0.25) is 0 Å². The van der Waals surface area contributed by atoms with Gasteiger partial charge in [-0.05, 0) is 6.54 Å². The molecule has 4 heteroatoms. The standard InChI is InChI=1S/C8H20N2S2/c1-2-10(6-8-12)5-3-9-4-7-11/h9,11-12H,2-8H2,1H3. The fourth-order valence-electron chi connectivity index (χ4n) is 1.01. The van der Waals surface area contributed by atoms with Crippen molar-refractivity contribution >= 4 is 25.3 Å². The molecule has 12 heavy (non-hydrogen) atoms. The number of likely N-dealkylation sites (N-methyl/N-ethyl adjacent to an activating group) is 1. The molecule has 0 amide bonds.